The number of Topliss-reactive ketones (excluding diaryl/α,β-unsaturated/α-hetero) is 1. The monoisotopic (exact) mass is 377 g/mol. The van der Waals surface area contributed by atoms with E-state index in [9.17, 15) is 13.2 Å². The van der Waals surface area contributed by atoms with E-state index in [1.807, 2.05) is 20.8 Å². The topological polar surface area (TPSA) is 80.5 Å². The smallest absolute Gasteiger partial charge is 0.279 e. The summed E-state index contributed by atoms with van der Waals surface area (Å²) in [5, 5.41) is 0.164. The van der Waals surface area contributed by atoms with Gasteiger partial charge in [0, 0.05) is 22.3 Å². The predicted molar refractivity (Wildman–Crippen MR) is 99.2 cm³/mol. The van der Waals surface area contributed by atoms with Crippen molar-refractivity contribution in [3.63, 3.8) is 0 Å². The van der Waals surface area contributed by atoms with Crippen molar-refractivity contribution in [2.75, 3.05) is 4.72 Å². The van der Waals surface area contributed by atoms with Crippen LogP contribution in [0.1, 0.15) is 47.6 Å². The fraction of sp³-hybridized carbons (Fsp3) is 0.294. The molecule has 0 bridgehead atoms. The van der Waals surface area contributed by atoms with Gasteiger partial charge in [0.2, 0.25) is 0 Å². The normalized spacial score (nSPS) is 12.0. The molecule has 2 heterocycles. The molecule has 0 atom stereocenters. The first-order valence-corrected chi connectivity index (χ1v) is 10.1. The summed E-state index contributed by atoms with van der Waals surface area (Å²) in [6.45, 7) is 7.22. The van der Waals surface area contributed by atoms with E-state index in [2.05, 4.69) is 9.71 Å². The summed E-state index contributed by atoms with van der Waals surface area (Å²) in [4.78, 5) is 17.5. The molecule has 8 heteroatoms. The molecule has 25 heavy (non-hydrogen) atoms. The van der Waals surface area contributed by atoms with Gasteiger partial charge in [-0.2, -0.15) is 8.42 Å². The van der Waals surface area contributed by atoms with E-state index in [1.165, 1.54) is 18.3 Å². The summed E-state index contributed by atoms with van der Waals surface area (Å²) in [5.41, 5.74) is 1.48. The van der Waals surface area contributed by atoms with Crippen molar-refractivity contribution in [1.29, 1.82) is 0 Å². The molecule has 2 aromatic heterocycles. The van der Waals surface area contributed by atoms with Crippen molar-refractivity contribution in [2.24, 2.45) is 0 Å². The van der Waals surface area contributed by atoms with Gasteiger partial charge in [-0.05, 0) is 44.0 Å². The lowest BCUT2D eigenvalue weighted by molar-refractivity contribution is 0.101. The molecule has 1 aromatic carbocycles. The summed E-state index contributed by atoms with van der Waals surface area (Å²) in [6.07, 6.45) is 1.78. The number of ketones is 1. The van der Waals surface area contributed by atoms with Gasteiger partial charge in [-0.25, -0.2) is 4.98 Å². The van der Waals surface area contributed by atoms with Crippen LogP contribution in [0.2, 0.25) is 0 Å². The third kappa shape index (κ3) is 3.32. The molecule has 0 aliphatic carbocycles. The molecule has 0 amide bonds. The molecular weight excluding hydrogens is 358 g/mol. The predicted octanol–water partition coefficient (Wildman–Crippen LogP) is 3.83. The maximum absolute atomic E-state index is 13.0. The number of sulfonamides is 1. The van der Waals surface area contributed by atoms with E-state index in [0.29, 0.717) is 21.9 Å². The first-order chi connectivity index (χ1) is 11.7. The quantitative estimate of drug-likeness (QED) is 0.685. The fourth-order valence-electron chi connectivity index (χ4n) is 2.57. The minimum atomic E-state index is -3.82. The molecule has 3 aromatic rings. The molecule has 0 saturated heterocycles. The maximum Gasteiger partial charge on any atom is 0.279 e. The molecular formula is C17H19N3O3S2. The minimum absolute atomic E-state index is 0.0286. The Morgan fingerprint density at radius 2 is 1.88 bits per heavy atom. The zero-order chi connectivity index (χ0) is 18.4. The lowest BCUT2D eigenvalue weighted by Gasteiger charge is -2.11. The highest BCUT2D eigenvalue weighted by Gasteiger charge is 2.28. The van der Waals surface area contributed by atoms with Crippen LogP contribution in [0.25, 0.3) is 4.96 Å². The van der Waals surface area contributed by atoms with Crippen LogP contribution in [0.4, 0.5) is 5.69 Å². The Bertz CT molecular complexity index is 1040. The minimum Gasteiger partial charge on any atom is -0.295 e. The van der Waals surface area contributed by atoms with Gasteiger partial charge in [0.25, 0.3) is 10.0 Å². The van der Waals surface area contributed by atoms with Crippen LogP contribution in [0.3, 0.4) is 0 Å². The zero-order valence-corrected chi connectivity index (χ0v) is 16.0. The summed E-state index contributed by atoms with van der Waals surface area (Å²) < 4.78 is 30.2. The third-order valence-corrected chi connectivity index (χ3v) is 6.09. The molecule has 6 nitrogen and oxygen atoms in total. The second-order valence-corrected chi connectivity index (χ2v) is 9.00. The number of aryl methyl sites for hydroxylation is 1. The molecule has 3 rings (SSSR count). The van der Waals surface area contributed by atoms with Crippen LogP contribution in [0, 0.1) is 6.92 Å². The van der Waals surface area contributed by atoms with Gasteiger partial charge >= 0.3 is 0 Å². The summed E-state index contributed by atoms with van der Waals surface area (Å²) >= 11 is 1.45. The lowest BCUT2D eigenvalue weighted by atomic mass is 10.1. The largest absolute Gasteiger partial charge is 0.295 e. The second kappa shape index (κ2) is 6.27. The lowest BCUT2D eigenvalue weighted by Crippen LogP contribution is -2.17. The molecule has 1 N–H and O–H groups in total. The van der Waals surface area contributed by atoms with E-state index in [4.69, 9.17) is 0 Å². The maximum atomic E-state index is 13.0. The van der Waals surface area contributed by atoms with Crippen LogP contribution in [0.5, 0.6) is 0 Å². The van der Waals surface area contributed by atoms with E-state index < -0.39 is 10.0 Å². The van der Waals surface area contributed by atoms with Crippen molar-refractivity contribution in [3.8, 4) is 0 Å². The molecule has 0 unspecified atom stereocenters. The Morgan fingerprint density at radius 3 is 2.44 bits per heavy atom. The number of carbonyl (C=O) groups excluding carboxylic acids is 1. The van der Waals surface area contributed by atoms with Gasteiger partial charge in [-0.15, -0.1) is 11.3 Å². The highest BCUT2D eigenvalue weighted by atomic mass is 32.2. The standard InChI is InChI=1S/C17H19N3O3S2/c1-10(2)15-16(20-9-11(3)24-17(20)18-15)25(22,23)19-14-7-5-13(6-8-14)12(4)21/h5-10,19H,1-4H3. The van der Waals surface area contributed by atoms with Crippen LogP contribution in [-0.4, -0.2) is 23.6 Å². The molecule has 0 saturated carbocycles. The van der Waals surface area contributed by atoms with Crippen molar-refractivity contribution in [3.05, 3.63) is 46.6 Å². The number of fused-ring (bicyclic) bond motifs is 1. The number of hydrogen-bond acceptors (Lipinski definition) is 5. The molecule has 0 fully saturated rings. The van der Waals surface area contributed by atoms with Gasteiger partial charge in [0.15, 0.2) is 15.8 Å². The summed E-state index contributed by atoms with van der Waals surface area (Å²) in [6, 6.07) is 6.37. The van der Waals surface area contributed by atoms with E-state index in [1.54, 1.807) is 34.9 Å². The highest BCUT2D eigenvalue weighted by Crippen LogP contribution is 2.30. The van der Waals surface area contributed by atoms with E-state index in [0.717, 1.165) is 4.88 Å². The average Bonchev–Trinajstić information content (AvgIpc) is 3.03. The van der Waals surface area contributed by atoms with Crippen LogP contribution in [0.15, 0.2) is 35.5 Å². The van der Waals surface area contributed by atoms with Crippen LogP contribution < -0.4 is 4.72 Å². The van der Waals surface area contributed by atoms with E-state index >= 15 is 0 Å². The second-order valence-electron chi connectivity index (χ2n) is 6.19. The van der Waals surface area contributed by atoms with Crippen molar-refractivity contribution in [1.82, 2.24) is 9.38 Å². The van der Waals surface area contributed by atoms with Crippen LogP contribution in [-0.2, 0) is 10.0 Å². The number of imidazole rings is 1. The Morgan fingerprint density at radius 1 is 1.24 bits per heavy atom. The molecule has 0 aliphatic heterocycles. The Labute approximate surface area is 150 Å². The molecule has 0 aliphatic rings. The number of benzene rings is 1. The first kappa shape index (κ1) is 17.6. The van der Waals surface area contributed by atoms with E-state index in [-0.39, 0.29) is 16.7 Å². The van der Waals surface area contributed by atoms with Crippen molar-refractivity contribution >= 4 is 37.8 Å². The first-order valence-electron chi connectivity index (χ1n) is 7.81. The van der Waals surface area contributed by atoms with Gasteiger partial charge in [0.1, 0.15) is 0 Å². The fourth-order valence-corrected chi connectivity index (χ4v) is 4.96. The number of nitrogens with one attached hydrogen (secondary N) is 1. The Hall–Kier alpha value is -2.19. The van der Waals surface area contributed by atoms with Gasteiger partial charge in [-0.1, -0.05) is 13.8 Å². The van der Waals surface area contributed by atoms with Crippen LogP contribution >= 0.6 is 11.3 Å². The molecule has 132 valence electrons. The molecule has 0 radical (unpaired) electrons. The van der Waals surface area contributed by atoms with Crippen molar-refractivity contribution < 1.29 is 13.2 Å². The molecule has 0 spiro atoms. The average molecular weight is 377 g/mol. The number of nitrogens with zero attached hydrogens (tertiary/aromatic N) is 2. The number of anilines is 1. The number of hydrogen-bond donors (Lipinski definition) is 1. The number of thiazole rings is 1. The number of rotatable bonds is 5. The highest BCUT2D eigenvalue weighted by molar-refractivity contribution is 7.92. The third-order valence-electron chi connectivity index (χ3n) is 3.77. The van der Waals surface area contributed by atoms with Gasteiger partial charge in [0.05, 0.1) is 5.69 Å². The van der Waals surface area contributed by atoms with Crippen molar-refractivity contribution in [2.45, 2.75) is 38.6 Å². The SMILES string of the molecule is CC(=O)c1ccc(NS(=O)(=O)c2c(C(C)C)nc3sc(C)cn23)cc1. The zero-order valence-electron chi connectivity index (χ0n) is 14.4. The number of aromatic nitrogens is 2. The Kier molecular flexibility index (Phi) is 4.42. The summed E-state index contributed by atoms with van der Waals surface area (Å²) in [7, 11) is -3.82. The number of carbonyl (C=O) groups is 1. The summed E-state index contributed by atoms with van der Waals surface area (Å²) in [5.74, 6) is -0.0955. The van der Waals surface area contributed by atoms with Gasteiger partial charge < -0.3 is 0 Å². The van der Waals surface area contributed by atoms with Gasteiger partial charge in [-0.3, -0.25) is 13.9 Å². The Balaban J connectivity index is 2.06.